The molecule has 1 fully saturated rings. The average Bonchev–Trinajstić information content (AvgIpc) is 3.11. The Morgan fingerprint density at radius 3 is 2.24 bits per heavy atom. The smallest absolute Gasteiger partial charge is 0.280 e. The van der Waals surface area contributed by atoms with E-state index in [-0.39, 0.29) is 41.1 Å². The van der Waals surface area contributed by atoms with Gasteiger partial charge in [-0.1, -0.05) is 19.6 Å². The standard InChI is InChI=1S/C23H30F2N2O5Si/c1-27(21(30)13-16-12-20(29)26-32-16)22(15-5-7-31-8-6-15)19(28)11-14-9-17(24)23(18(25)10-14)33(2,3)4/h9-10,12,15,22H,5-8,11,13H2,1-4H3,(H,26,29). The third kappa shape index (κ3) is 6.05. The quantitative estimate of drug-likeness (QED) is 0.586. The van der Waals surface area contributed by atoms with E-state index in [0.29, 0.717) is 26.1 Å². The number of benzene rings is 1. The number of carbonyl (C=O) groups is 2. The van der Waals surface area contributed by atoms with Crippen LogP contribution in [-0.4, -0.2) is 56.1 Å². The largest absolute Gasteiger partial charge is 0.383 e. The molecule has 1 aliphatic heterocycles. The number of amides is 1. The summed E-state index contributed by atoms with van der Waals surface area (Å²) in [6, 6.07) is 2.86. The molecule has 1 atom stereocenters. The van der Waals surface area contributed by atoms with Crippen molar-refractivity contribution in [1.29, 1.82) is 0 Å². The van der Waals surface area contributed by atoms with Crippen LogP contribution in [0.3, 0.4) is 0 Å². The minimum Gasteiger partial charge on any atom is -0.383 e. The van der Waals surface area contributed by atoms with Crippen molar-refractivity contribution in [1.82, 2.24) is 10.1 Å². The lowest BCUT2D eigenvalue weighted by molar-refractivity contribution is -0.140. The van der Waals surface area contributed by atoms with Crippen LogP contribution in [0.5, 0.6) is 0 Å². The predicted molar refractivity (Wildman–Crippen MR) is 121 cm³/mol. The molecule has 3 rings (SSSR count). The molecule has 10 heteroatoms. The molecular weight excluding hydrogens is 450 g/mol. The van der Waals surface area contributed by atoms with Crippen molar-refractivity contribution in [3.63, 3.8) is 0 Å². The fourth-order valence-electron chi connectivity index (χ4n) is 4.41. The Kier molecular flexibility index (Phi) is 7.68. The van der Waals surface area contributed by atoms with E-state index >= 15 is 0 Å². The average molecular weight is 481 g/mol. The van der Waals surface area contributed by atoms with Crippen LogP contribution in [0, 0.1) is 17.6 Å². The second-order valence-electron chi connectivity index (χ2n) is 9.58. The highest BCUT2D eigenvalue weighted by Gasteiger charge is 2.36. The van der Waals surface area contributed by atoms with Crippen LogP contribution in [0.2, 0.25) is 19.6 Å². The lowest BCUT2D eigenvalue weighted by atomic mass is 9.86. The number of aromatic nitrogens is 1. The molecule has 1 unspecified atom stereocenters. The predicted octanol–water partition coefficient (Wildman–Crippen LogP) is 2.40. The van der Waals surface area contributed by atoms with E-state index in [0.717, 1.165) is 0 Å². The van der Waals surface area contributed by atoms with Crippen LogP contribution in [0.4, 0.5) is 8.78 Å². The molecule has 180 valence electrons. The zero-order valence-electron chi connectivity index (χ0n) is 19.4. The highest BCUT2D eigenvalue weighted by Crippen LogP contribution is 2.25. The molecule has 0 radical (unpaired) electrons. The van der Waals surface area contributed by atoms with Crippen molar-refractivity contribution in [2.24, 2.45) is 5.92 Å². The van der Waals surface area contributed by atoms with Crippen LogP contribution in [0.1, 0.15) is 24.2 Å². The molecule has 0 bridgehead atoms. The van der Waals surface area contributed by atoms with Crippen LogP contribution < -0.4 is 10.7 Å². The van der Waals surface area contributed by atoms with Gasteiger partial charge in [0.05, 0.1) is 20.5 Å². The van der Waals surface area contributed by atoms with E-state index in [2.05, 4.69) is 5.16 Å². The number of rotatable bonds is 8. The van der Waals surface area contributed by atoms with E-state index in [1.54, 1.807) is 0 Å². The number of nitrogens with zero attached hydrogens (tertiary/aromatic N) is 1. The van der Waals surface area contributed by atoms with Crippen LogP contribution in [0.25, 0.3) is 0 Å². The zero-order valence-corrected chi connectivity index (χ0v) is 20.4. The fraction of sp³-hybridized carbons (Fsp3) is 0.522. The van der Waals surface area contributed by atoms with Gasteiger partial charge >= 0.3 is 0 Å². The van der Waals surface area contributed by atoms with Crippen LogP contribution in [-0.2, 0) is 27.2 Å². The molecule has 2 heterocycles. The maximum atomic E-state index is 14.7. The summed E-state index contributed by atoms with van der Waals surface area (Å²) in [5, 5.41) is 2.24. The van der Waals surface area contributed by atoms with Gasteiger partial charge in [-0.05, 0) is 36.5 Å². The summed E-state index contributed by atoms with van der Waals surface area (Å²) in [6.45, 7) is 6.50. The maximum Gasteiger partial charge on any atom is 0.280 e. The molecule has 1 N–H and O–H groups in total. The van der Waals surface area contributed by atoms with Gasteiger partial charge in [0.15, 0.2) is 5.78 Å². The molecular formula is C23H30F2N2O5Si. The highest BCUT2D eigenvalue weighted by molar-refractivity contribution is 6.88. The number of hydrogen-bond acceptors (Lipinski definition) is 5. The summed E-state index contributed by atoms with van der Waals surface area (Å²) < 4.78 is 39.8. The SMILES string of the molecule is CN(C(=O)Cc1cc(=O)[nH]o1)C(C(=O)Cc1cc(F)c([Si](C)(C)C)c(F)c1)C1CCOCC1. The summed E-state index contributed by atoms with van der Waals surface area (Å²) in [4.78, 5) is 38.9. The van der Waals surface area contributed by atoms with E-state index in [1.807, 2.05) is 19.6 Å². The number of Topliss-reactive ketones (excluding diaryl/α,β-unsaturated/α-hetero) is 1. The van der Waals surface area contributed by atoms with Gasteiger partial charge in [0.1, 0.15) is 17.4 Å². The minimum atomic E-state index is -2.24. The number of ketones is 1. The van der Waals surface area contributed by atoms with Gasteiger partial charge in [0.25, 0.3) is 5.56 Å². The first-order valence-electron chi connectivity index (χ1n) is 11.0. The molecule has 1 amide bonds. The maximum absolute atomic E-state index is 14.7. The van der Waals surface area contributed by atoms with Crippen molar-refractivity contribution >= 4 is 25.0 Å². The molecule has 7 nitrogen and oxygen atoms in total. The third-order valence-electron chi connectivity index (χ3n) is 5.98. The first-order valence-corrected chi connectivity index (χ1v) is 14.5. The van der Waals surface area contributed by atoms with E-state index in [9.17, 15) is 23.2 Å². The summed E-state index contributed by atoms with van der Waals surface area (Å²) in [6.07, 6.45) is 0.796. The second-order valence-corrected chi connectivity index (χ2v) is 14.6. The Hall–Kier alpha value is -2.59. The van der Waals surface area contributed by atoms with Crippen molar-refractivity contribution < 1.29 is 27.6 Å². The van der Waals surface area contributed by atoms with Gasteiger partial charge in [0, 0.05) is 37.9 Å². The number of carbonyl (C=O) groups excluding carboxylic acids is 2. The molecule has 1 aromatic heterocycles. The van der Waals surface area contributed by atoms with Gasteiger partial charge in [-0.3, -0.25) is 14.4 Å². The summed E-state index contributed by atoms with van der Waals surface area (Å²) >= 11 is 0. The summed E-state index contributed by atoms with van der Waals surface area (Å²) in [5.41, 5.74) is -0.213. The molecule has 1 aromatic carbocycles. The topological polar surface area (TPSA) is 92.6 Å². The fourth-order valence-corrected chi connectivity index (χ4v) is 5.99. The molecule has 1 saturated heterocycles. The van der Waals surface area contributed by atoms with Crippen molar-refractivity contribution in [2.75, 3.05) is 20.3 Å². The molecule has 0 saturated carbocycles. The molecule has 2 aromatic rings. The highest BCUT2D eigenvalue weighted by atomic mass is 28.3. The van der Waals surface area contributed by atoms with E-state index < -0.39 is 37.2 Å². The Bertz CT molecular complexity index is 1050. The zero-order chi connectivity index (χ0) is 24.3. The second kappa shape index (κ2) is 10.1. The summed E-state index contributed by atoms with van der Waals surface area (Å²) in [5.74, 6) is -1.93. The molecule has 0 aliphatic carbocycles. The first kappa shape index (κ1) is 25.0. The lowest BCUT2D eigenvalue weighted by Crippen LogP contribution is -2.49. The number of H-pyrrole nitrogens is 1. The van der Waals surface area contributed by atoms with Gasteiger partial charge in [-0.2, -0.15) is 5.16 Å². The van der Waals surface area contributed by atoms with Gasteiger partial charge in [0.2, 0.25) is 5.91 Å². The Balaban J connectivity index is 1.84. The Morgan fingerprint density at radius 2 is 1.73 bits per heavy atom. The monoisotopic (exact) mass is 480 g/mol. The van der Waals surface area contributed by atoms with E-state index in [1.165, 1.54) is 30.1 Å². The molecule has 0 spiro atoms. The number of halogens is 2. The normalized spacial score (nSPS) is 15.9. The number of likely N-dealkylation sites (N-methyl/N-ethyl adjacent to an activating group) is 1. The van der Waals surface area contributed by atoms with Crippen molar-refractivity contribution in [3.8, 4) is 0 Å². The molecule has 1 aliphatic rings. The number of ether oxygens (including phenoxy) is 1. The van der Waals surface area contributed by atoms with Crippen LogP contribution in [0.15, 0.2) is 27.5 Å². The van der Waals surface area contributed by atoms with Gasteiger partial charge in [-0.25, -0.2) is 8.78 Å². The minimum absolute atomic E-state index is 0.111. The Morgan fingerprint density at radius 1 is 1.12 bits per heavy atom. The lowest BCUT2D eigenvalue weighted by Gasteiger charge is -2.35. The Labute approximate surface area is 192 Å². The van der Waals surface area contributed by atoms with Crippen molar-refractivity contribution in [3.05, 3.63) is 51.5 Å². The molecule has 33 heavy (non-hydrogen) atoms. The first-order chi connectivity index (χ1) is 15.5. The van der Waals surface area contributed by atoms with Gasteiger partial charge < -0.3 is 14.2 Å². The van der Waals surface area contributed by atoms with Crippen molar-refractivity contribution in [2.45, 2.75) is 51.4 Å². The van der Waals surface area contributed by atoms with Crippen LogP contribution >= 0.6 is 0 Å². The number of hydrogen-bond donors (Lipinski definition) is 1. The summed E-state index contributed by atoms with van der Waals surface area (Å²) in [7, 11) is -0.709. The third-order valence-corrected chi connectivity index (χ3v) is 7.96. The number of nitrogens with one attached hydrogen (secondary N) is 1. The number of aromatic amines is 1. The van der Waals surface area contributed by atoms with Gasteiger partial charge in [-0.15, -0.1) is 0 Å². The van der Waals surface area contributed by atoms with E-state index in [4.69, 9.17) is 9.26 Å².